The first kappa shape index (κ1) is 17.2. The molecule has 2 atom stereocenters. The van der Waals surface area contributed by atoms with E-state index in [0.717, 1.165) is 19.7 Å². The van der Waals surface area contributed by atoms with Gasteiger partial charge in [0.25, 0.3) is 0 Å². The lowest BCUT2D eigenvalue weighted by molar-refractivity contribution is 0.0963. The summed E-state index contributed by atoms with van der Waals surface area (Å²) in [5.41, 5.74) is 4.07. The average Bonchev–Trinajstić information content (AvgIpc) is 2.43. The van der Waals surface area contributed by atoms with Crippen LogP contribution in [0.5, 0.6) is 0 Å². The maximum atomic E-state index is 5.28. The minimum absolute atomic E-state index is 0.355. The van der Waals surface area contributed by atoms with E-state index in [4.69, 9.17) is 4.74 Å². The topological polar surface area (TPSA) is 24.5 Å². The Labute approximate surface area is 124 Å². The highest BCUT2D eigenvalue weighted by Crippen LogP contribution is 2.19. The Morgan fingerprint density at radius 3 is 2.45 bits per heavy atom. The number of likely N-dealkylation sites (N-methyl/N-ethyl adjacent to an activating group) is 2. The van der Waals surface area contributed by atoms with Gasteiger partial charge in [-0.3, -0.25) is 4.90 Å². The Bertz CT molecular complexity index is 406. The third kappa shape index (κ3) is 4.58. The highest BCUT2D eigenvalue weighted by molar-refractivity contribution is 5.31. The lowest BCUT2D eigenvalue weighted by atomic mass is 10.0. The Kier molecular flexibility index (Phi) is 7.20. The van der Waals surface area contributed by atoms with Crippen molar-refractivity contribution in [3.8, 4) is 0 Å². The monoisotopic (exact) mass is 278 g/mol. The molecule has 0 spiro atoms. The number of aryl methyl sites for hydroxylation is 2. The molecule has 1 aromatic rings. The molecule has 1 rings (SSSR count). The first-order valence-corrected chi connectivity index (χ1v) is 7.50. The molecule has 0 radical (unpaired) electrons. The Morgan fingerprint density at radius 1 is 1.25 bits per heavy atom. The van der Waals surface area contributed by atoms with Crippen LogP contribution in [0.4, 0.5) is 0 Å². The highest BCUT2D eigenvalue weighted by Gasteiger charge is 2.18. The second kappa shape index (κ2) is 8.40. The van der Waals surface area contributed by atoms with E-state index in [1.165, 1.54) is 16.7 Å². The van der Waals surface area contributed by atoms with Gasteiger partial charge >= 0.3 is 0 Å². The lowest BCUT2D eigenvalue weighted by Gasteiger charge is -2.31. The molecule has 0 aliphatic carbocycles. The van der Waals surface area contributed by atoms with Crippen molar-refractivity contribution in [1.82, 2.24) is 10.2 Å². The molecule has 1 N–H and O–H groups in total. The number of rotatable bonds is 8. The quantitative estimate of drug-likeness (QED) is 0.791. The van der Waals surface area contributed by atoms with Crippen molar-refractivity contribution in [3.63, 3.8) is 0 Å². The standard InChI is InChI=1S/C17H30N2O/c1-7-19(15(4)12-20-6)11-17(18-5)16-9-8-13(2)14(3)10-16/h8-10,15,17-18H,7,11-12H2,1-6H3. The Morgan fingerprint density at radius 2 is 1.95 bits per heavy atom. The molecule has 0 amide bonds. The molecule has 3 heteroatoms. The zero-order chi connectivity index (χ0) is 15.1. The number of nitrogens with zero attached hydrogens (tertiary/aromatic N) is 1. The van der Waals surface area contributed by atoms with Crippen LogP contribution in [-0.2, 0) is 4.74 Å². The number of hydrogen-bond acceptors (Lipinski definition) is 3. The molecule has 3 nitrogen and oxygen atoms in total. The van der Waals surface area contributed by atoms with Crippen molar-refractivity contribution >= 4 is 0 Å². The second-order valence-corrected chi connectivity index (χ2v) is 5.58. The molecular weight excluding hydrogens is 248 g/mol. The predicted molar refractivity (Wildman–Crippen MR) is 86.3 cm³/mol. The minimum atomic E-state index is 0.355. The molecule has 2 unspecified atom stereocenters. The SMILES string of the molecule is CCN(CC(NC)c1ccc(C)c(C)c1)C(C)COC. The summed E-state index contributed by atoms with van der Waals surface area (Å²) in [4.78, 5) is 2.46. The van der Waals surface area contributed by atoms with Crippen LogP contribution < -0.4 is 5.32 Å². The zero-order valence-corrected chi connectivity index (χ0v) is 13.9. The molecule has 1 aromatic carbocycles. The van der Waals surface area contributed by atoms with E-state index in [2.05, 4.69) is 56.1 Å². The van der Waals surface area contributed by atoms with Crippen LogP contribution in [0.25, 0.3) is 0 Å². The van der Waals surface area contributed by atoms with Crippen LogP contribution in [0.3, 0.4) is 0 Å². The third-order valence-corrected chi connectivity index (χ3v) is 4.14. The molecule has 0 aliphatic rings. The van der Waals surface area contributed by atoms with Gasteiger partial charge in [-0.15, -0.1) is 0 Å². The smallest absolute Gasteiger partial charge is 0.0615 e. The average molecular weight is 278 g/mol. The van der Waals surface area contributed by atoms with Gasteiger partial charge in [0.15, 0.2) is 0 Å². The van der Waals surface area contributed by atoms with E-state index in [-0.39, 0.29) is 0 Å². The van der Waals surface area contributed by atoms with E-state index in [1.54, 1.807) is 7.11 Å². The number of nitrogens with one attached hydrogen (secondary N) is 1. The molecular formula is C17H30N2O. The van der Waals surface area contributed by atoms with Gasteiger partial charge in [-0.2, -0.15) is 0 Å². The number of methoxy groups -OCH3 is 1. The van der Waals surface area contributed by atoms with Gasteiger partial charge in [0.05, 0.1) is 6.61 Å². The molecule has 0 saturated heterocycles. The fourth-order valence-corrected chi connectivity index (χ4v) is 2.55. The second-order valence-electron chi connectivity index (χ2n) is 5.58. The van der Waals surface area contributed by atoms with E-state index in [9.17, 15) is 0 Å². The summed E-state index contributed by atoms with van der Waals surface area (Å²) in [7, 11) is 3.80. The Hall–Kier alpha value is -0.900. The largest absolute Gasteiger partial charge is 0.383 e. The van der Waals surface area contributed by atoms with E-state index in [0.29, 0.717) is 12.1 Å². The molecule has 114 valence electrons. The van der Waals surface area contributed by atoms with Gasteiger partial charge in [0.2, 0.25) is 0 Å². The number of hydrogen-bond donors (Lipinski definition) is 1. The summed E-state index contributed by atoms with van der Waals surface area (Å²) in [5.74, 6) is 0. The summed E-state index contributed by atoms with van der Waals surface area (Å²) in [5, 5.41) is 3.44. The molecule has 0 bridgehead atoms. The fraction of sp³-hybridized carbons (Fsp3) is 0.647. The van der Waals surface area contributed by atoms with E-state index >= 15 is 0 Å². The third-order valence-electron chi connectivity index (χ3n) is 4.14. The van der Waals surface area contributed by atoms with Crippen molar-refractivity contribution in [2.75, 3.05) is 33.9 Å². The molecule has 0 fully saturated rings. The van der Waals surface area contributed by atoms with Crippen LogP contribution in [0.1, 0.15) is 36.6 Å². The van der Waals surface area contributed by atoms with Crippen molar-refractivity contribution in [3.05, 3.63) is 34.9 Å². The van der Waals surface area contributed by atoms with Crippen LogP contribution >= 0.6 is 0 Å². The van der Waals surface area contributed by atoms with Gasteiger partial charge in [0.1, 0.15) is 0 Å². The normalized spacial score (nSPS) is 14.6. The zero-order valence-electron chi connectivity index (χ0n) is 13.9. The summed E-state index contributed by atoms with van der Waals surface area (Å²) in [6, 6.07) is 7.54. The van der Waals surface area contributed by atoms with Crippen LogP contribution in [0, 0.1) is 13.8 Å². The minimum Gasteiger partial charge on any atom is -0.383 e. The van der Waals surface area contributed by atoms with Gasteiger partial charge in [-0.05, 0) is 51.1 Å². The molecule has 0 heterocycles. The van der Waals surface area contributed by atoms with Crippen LogP contribution in [-0.4, -0.2) is 44.8 Å². The van der Waals surface area contributed by atoms with Crippen molar-refractivity contribution in [2.45, 2.75) is 39.8 Å². The first-order valence-electron chi connectivity index (χ1n) is 7.50. The molecule has 0 saturated carbocycles. The first-order chi connectivity index (χ1) is 9.53. The van der Waals surface area contributed by atoms with Crippen molar-refractivity contribution in [2.24, 2.45) is 0 Å². The predicted octanol–water partition coefficient (Wildman–Crippen LogP) is 2.92. The number of ether oxygens (including phenoxy) is 1. The fourth-order valence-electron chi connectivity index (χ4n) is 2.55. The number of benzene rings is 1. The summed E-state index contributed by atoms with van der Waals surface area (Å²) in [6.07, 6.45) is 0. The van der Waals surface area contributed by atoms with Crippen LogP contribution in [0.15, 0.2) is 18.2 Å². The molecule has 0 aromatic heterocycles. The van der Waals surface area contributed by atoms with Crippen LogP contribution in [0.2, 0.25) is 0 Å². The van der Waals surface area contributed by atoms with Gasteiger partial charge in [-0.1, -0.05) is 25.1 Å². The maximum Gasteiger partial charge on any atom is 0.0615 e. The van der Waals surface area contributed by atoms with E-state index < -0.39 is 0 Å². The summed E-state index contributed by atoms with van der Waals surface area (Å²) in [6.45, 7) is 11.6. The lowest BCUT2D eigenvalue weighted by Crippen LogP contribution is -2.41. The van der Waals surface area contributed by atoms with Gasteiger partial charge < -0.3 is 10.1 Å². The maximum absolute atomic E-state index is 5.28. The summed E-state index contributed by atoms with van der Waals surface area (Å²) < 4.78 is 5.28. The van der Waals surface area contributed by atoms with Gasteiger partial charge in [0, 0.05) is 25.7 Å². The summed E-state index contributed by atoms with van der Waals surface area (Å²) >= 11 is 0. The highest BCUT2D eigenvalue weighted by atomic mass is 16.5. The Balaban J connectivity index is 2.81. The molecule has 20 heavy (non-hydrogen) atoms. The van der Waals surface area contributed by atoms with Crippen molar-refractivity contribution < 1.29 is 4.74 Å². The molecule has 0 aliphatic heterocycles. The van der Waals surface area contributed by atoms with Crippen molar-refractivity contribution in [1.29, 1.82) is 0 Å². The van der Waals surface area contributed by atoms with Gasteiger partial charge in [-0.25, -0.2) is 0 Å². The van der Waals surface area contributed by atoms with E-state index in [1.807, 2.05) is 7.05 Å².